The Bertz CT molecular complexity index is 174. The van der Waals surface area contributed by atoms with Crippen molar-refractivity contribution in [3.05, 3.63) is 12.2 Å². The first-order chi connectivity index (χ1) is 5.90. The van der Waals surface area contributed by atoms with E-state index in [2.05, 4.69) is 24.0 Å². The first kappa shape index (κ1) is 8.31. The molecule has 0 spiro atoms. The predicted octanol–water partition coefficient (Wildman–Crippen LogP) is 2.44. The van der Waals surface area contributed by atoms with Crippen LogP contribution in [0, 0.1) is 5.92 Å². The fraction of sp³-hybridized carbons (Fsp3) is 0.818. The van der Waals surface area contributed by atoms with Gasteiger partial charge in [-0.2, -0.15) is 0 Å². The molecule has 2 atom stereocenters. The summed E-state index contributed by atoms with van der Waals surface area (Å²) in [6.45, 7) is 4.98. The Morgan fingerprint density at radius 2 is 2.33 bits per heavy atom. The number of hydrogen-bond acceptors (Lipinski definition) is 1. The largest absolute Gasteiger partial charge is 0.296 e. The van der Waals surface area contributed by atoms with Gasteiger partial charge < -0.3 is 0 Å². The van der Waals surface area contributed by atoms with E-state index in [1.807, 2.05) is 0 Å². The van der Waals surface area contributed by atoms with Crippen LogP contribution in [0.1, 0.15) is 32.6 Å². The summed E-state index contributed by atoms with van der Waals surface area (Å²) in [7, 11) is 0. The third-order valence-corrected chi connectivity index (χ3v) is 3.35. The predicted molar refractivity (Wildman–Crippen MR) is 52.1 cm³/mol. The van der Waals surface area contributed by atoms with Gasteiger partial charge in [0.25, 0.3) is 0 Å². The van der Waals surface area contributed by atoms with Gasteiger partial charge in [-0.25, -0.2) is 0 Å². The number of nitrogens with zero attached hydrogens (tertiary/aromatic N) is 1. The molecule has 0 aromatic rings. The van der Waals surface area contributed by atoms with E-state index in [-0.39, 0.29) is 0 Å². The van der Waals surface area contributed by atoms with Gasteiger partial charge in [-0.05, 0) is 25.2 Å². The summed E-state index contributed by atoms with van der Waals surface area (Å²) < 4.78 is 0. The molecule has 2 heterocycles. The maximum Gasteiger partial charge on any atom is 0.0278 e. The molecular formula is C11H19N. The van der Waals surface area contributed by atoms with Gasteiger partial charge in [0.2, 0.25) is 0 Å². The van der Waals surface area contributed by atoms with Gasteiger partial charge in [0, 0.05) is 19.1 Å². The Morgan fingerprint density at radius 1 is 1.42 bits per heavy atom. The van der Waals surface area contributed by atoms with Crippen LogP contribution in [0.15, 0.2) is 12.2 Å². The maximum absolute atomic E-state index is 2.66. The summed E-state index contributed by atoms with van der Waals surface area (Å²) in [5, 5.41) is 0. The van der Waals surface area contributed by atoms with Crippen molar-refractivity contribution >= 4 is 0 Å². The monoisotopic (exact) mass is 165 g/mol. The zero-order valence-electron chi connectivity index (χ0n) is 8.00. The van der Waals surface area contributed by atoms with Crippen LogP contribution >= 0.6 is 0 Å². The second-order valence-corrected chi connectivity index (χ2v) is 4.13. The highest BCUT2D eigenvalue weighted by Gasteiger charge is 2.26. The summed E-state index contributed by atoms with van der Waals surface area (Å²) in [6, 6.07) is 0.793. The highest BCUT2D eigenvalue weighted by atomic mass is 15.2. The molecule has 0 aromatic heterocycles. The molecule has 68 valence electrons. The molecule has 2 aliphatic rings. The van der Waals surface area contributed by atoms with E-state index >= 15 is 0 Å². The minimum atomic E-state index is 0.793. The molecular weight excluding hydrogens is 146 g/mol. The normalized spacial score (nSPS) is 36.4. The average molecular weight is 165 g/mol. The number of rotatable bonds is 1. The summed E-state index contributed by atoms with van der Waals surface area (Å²) in [6.07, 6.45) is 10.2. The van der Waals surface area contributed by atoms with Gasteiger partial charge in [-0.1, -0.05) is 25.5 Å². The van der Waals surface area contributed by atoms with Crippen LogP contribution in [0.3, 0.4) is 0 Å². The Balaban J connectivity index is 1.96. The van der Waals surface area contributed by atoms with Crippen LogP contribution in [0.4, 0.5) is 0 Å². The van der Waals surface area contributed by atoms with E-state index in [4.69, 9.17) is 0 Å². The molecule has 1 saturated heterocycles. The van der Waals surface area contributed by atoms with Gasteiger partial charge in [-0.15, -0.1) is 0 Å². The minimum absolute atomic E-state index is 0.793. The second kappa shape index (κ2) is 3.61. The highest BCUT2D eigenvalue weighted by Crippen LogP contribution is 2.26. The Kier molecular flexibility index (Phi) is 2.50. The molecule has 0 amide bonds. The first-order valence-corrected chi connectivity index (χ1v) is 5.31. The molecule has 1 fully saturated rings. The van der Waals surface area contributed by atoms with E-state index in [0.29, 0.717) is 0 Å². The zero-order chi connectivity index (χ0) is 8.39. The third kappa shape index (κ3) is 1.56. The van der Waals surface area contributed by atoms with Crippen molar-refractivity contribution in [3.63, 3.8) is 0 Å². The maximum atomic E-state index is 2.66. The second-order valence-electron chi connectivity index (χ2n) is 4.13. The van der Waals surface area contributed by atoms with Crippen LogP contribution in [0.25, 0.3) is 0 Å². The molecule has 2 rings (SSSR count). The lowest BCUT2D eigenvalue weighted by molar-refractivity contribution is 0.127. The standard InChI is InChI=1S/C11H19N/c1-2-10-6-7-11-5-3-4-8-12(11)9-10/h3,5,10-11H,2,4,6-9H2,1H3. The van der Waals surface area contributed by atoms with E-state index in [1.165, 1.54) is 38.8 Å². The van der Waals surface area contributed by atoms with Gasteiger partial charge in [0.15, 0.2) is 0 Å². The van der Waals surface area contributed by atoms with Gasteiger partial charge in [0.1, 0.15) is 0 Å². The smallest absolute Gasteiger partial charge is 0.0278 e. The van der Waals surface area contributed by atoms with Crippen molar-refractivity contribution in [2.24, 2.45) is 5.92 Å². The number of piperidine rings is 1. The van der Waals surface area contributed by atoms with Crippen LogP contribution in [0.2, 0.25) is 0 Å². The molecule has 0 saturated carbocycles. The van der Waals surface area contributed by atoms with E-state index in [1.54, 1.807) is 0 Å². The number of hydrogen-bond donors (Lipinski definition) is 0. The summed E-state index contributed by atoms with van der Waals surface area (Å²) >= 11 is 0. The topological polar surface area (TPSA) is 3.24 Å². The molecule has 0 N–H and O–H groups in total. The Labute approximate surface area is 75.4 Å². The van der Waals surface area contributed by atoms with E-state index < -0.39 is 0 Å². The summed E-state index contributed by atoms with van der Waals surface area (Å²) in [5.41, 5.74) is 0. The summed E-state index contributed by atoms with van der Waals surface area (Å²) in [5.74, 6) is 0.979. The quantitative estimate of drug-likeness (QED) is 0.539. The molecule has 0 aromatic carbocycles. The number of fused-ring (bicyclic) bond motifs is 1. The van der Waals surface area contributed by atoms with Crippen molar-refractivity contribution in [1.29, 1.82) is 0 Å². The Morgan fingerprint density at radius 3 is 3.17 bits per heavy atom. The molecule has 0 aliphatic carbocycles. The minimum Gasteiger partial charge on any atom is -0.296 e. The molecule has 1 heteroatoms. The van der Waals surface area contributed by atoms with Gasteiger partial charge in [0.05, 0.1) is 0 Å². The first-order valence-electron chi connectivity index (χ1n) is 5.31. The zero-order valence-corrected chi connectivity index (χ0v) is 8.00. The van der Waals surface area contributed by atoms with Crippen molar-refractivity contribution in [3.8, 4) is 0 Å². The molecule has 0 radical (unpaired) electrons. The molecule has 12 heavy (non-hydrogen) atoms. The van der Waals surface area contributed by atoms with Crippen LogP contribution in [0.5, 0.6) is 0 Å². The van der Waals surface area contributed by atoms with Crippen molar-refractivity contribution in [1.82, 2.24) is 4.90 Å². The fourth-order valence-electron chi connectivity index (χ4n) is 2.45. The van der Waals surface area contributed by atoms with Crippen LogP contribution in [-0.4, -0.2) is 24.0 Å². The fourth-order valence-corrected chi connectivity index (χ4v) is 2.45. The third-order valence-electron chi connectivity index (χ3n) is 3.35. The lowest BCUT2D eigenvalue weighted by Gasteiger charge is -2.39. The molecule has 1 nitrogen and oxygen atoms in total. The Hall–Kier alpha value is -0.300. The highest BCUT2D eigenvalue weighted by molar-refractivity contribution is 5.01. The lowest BCUT2D eigenvalue weighted by Crippen LogP contribution is -2.44. The average Bonchev–Trinajstić information content (AvgIpc) is 2.17. The molecule has 2 aliphatic heterocycles. The van der Waals surface area contributed by atoms with Crippen LogP contribution < -0.4 is 0 Å². The van der Waals surface area contributed by atoms with Crippen molar-refractivity contribution in [2.75, 3.05) is 13.1 Å². The SMILES string of the molecule is CCC1CCC2C=CCCN2C1. The lowest BCUT2D eigenvalue weighted by atomic mass is 9.89. The van der Waals surface area contributed by atoms with Gasteiger partial charge >= 0.3 is 0 Å². The van der Waals surface area contributed by atoms with E-state index in [9.17, 15) is 0 Å². The van der Waals surface area contributed by atoms with Crippen LogP contribution in [-0.2, 0) is 0 Å². The molecule has 0 bridgehead atoms. The van der Waals surface area contributed by atoms with Crippen molar-refractivity contribution < 1.29 is 0 Å². The van der Waals surface area contributed by atoms with E-state index in [0.717, 1.165) is 12.0 Å². The summed E-state index contributed by atoms with van der Waals surface area (Å²) in [4.78, 5) is 2.66. The van der Waals surface area contributed by atoms with Gasteiger partial charge in [-0.3, -0.25) is 4.90 Å². The molecule has 2 unspecified atom stereocenters. The van der Waals surface area contributed by atoms with Crippen molar-refractivity contribution in [2.45, 2.75) is 38.6 Å².